The van der Waals surface area contributed by atoms with E-state index in [1.54, 1.807) is 43.6 Å². The van der Waals surface area contributed by atoms with E-state index in [2.05, 4.69) is 15.6 Å². The van der Waals surface area contributed by atoms with Crippen molar-refractivity contribution >= 4 is 17.4 Å². The van der Waals surface area contributed by atoms with Crippen LogP contribution in [0.3, 0.4) is 0 Å². The molecule has 2 N–H and O–H groups in total. The fourth-order valence-electron chi connectivity index (χ4n) is 1.97. The number of nitrogens with one attached hydrogen (secondary N) is 2. The van der Waals surface area contributed by atoms with Crippen molar-refractivity contribution in [3.8, 4) is 0 Å². The number of pyridine rings is 1. The van der Waals surface area contributed by atoms with Crippen LogP contribution >= 0.6 is 0 Å². The van der Waals surface area contributed by atoms with E-state index in [1.165, 1.54) is 6.07 Å². The van der Waals surface area contributed by atoms with Gasteiger partial charge in [0.1, 0.15) is 11.6 Å². The summed E-state index contributed by atoms with van der Waals surface area (Å²) in [7, 11) is 1.57. The Hall–Kier alpha value is -2.47. The van der Waals surface area contributed by atoms with Crippen LogP contribution in [0.15, 0.2) is 42.6 Å². The Bertz CT molecular complexity index is 649. The van der Waals surface area contributed by atoms with E-state index in [-0.39, 0.29) is 17.6 Å². The largest absolute Gasteiger partial charge is 0.383 e. The highest BCUT2D eigenvalue weighted by Crippen LogP contribution is 2.20. The lowest BCUT2D eigenvalue weighted by Crippen LogP contribution is -2.36. The topological polar surface area (TPSA) is 63.2 Å². The second kappa shape index (κ2) is 7.51. The van der Waals surface area contributed by atoms with Crippen molar-refractivity contribution < 1.29 is 13.9 Å². The van der Waals surface area contributed by atoms with E-state index in [9.17, 15) is 9.18 Å². The Morgan fingerprint density at radius 2 is 2.09 bits per heavy atom. The molecule has 0 bridgehead atoms. The van der Waals surface area contributed by atoms with Gasteiger partial charge >= 0.3 is 0 Å². The van der Waals surface area contributed by atoms with E-state index >= 15 is 0 Å². The average molecular weight is 303 g/mol. The maximum atomic E-state index is 13.7. The highest BCUT2D eigenvalue weighted by atomic mass is 19.1. The normalized spacial score (nSPS) is 11.8. The predicted molar refractivity (Wildman–Crippen MR) is 82.7 cm³/mol. The lowest BCUT2D eigenvalue weighted by atomic mass is 10.2. The molecule has 1 aromatic carbocycles. The Morgan fingerprint density at radius 3 is 2.82 bits per heavy atom. The summed E-state index contributed by atoms with van der Waals surface area (Å²) in [5.74, 6) is -0.404. The minimum Gasteiger partial charge on any atom is -0.383 e. The van der Waals surface area contributed by atoms with Crippen LogP contribution in [-0.4, -0.2) is 30.6 Å². The maximum Gasteiger partial charge on any atom is 0.255 e. The van der Waals surface area contributed by atoms with Crippen molar-refractivity contribution in [1.82, 2.24) is 10.3 Å². The SMILES string of the molecule is COCC(C)NC(=O)c1cccnc1Nc1ccccc1F. The fourth-order valence-corrected chi connectivity index (χ4v) is 1.97. The van der Waals surface area contributed by atoms with Gasteiger partial charge in [0.15, 0.2) is 0 Å². The average Bonchev–Trinajstić information content (AvgIpc) is 2.50. The van der Waals surface area contributed by atoms with E-state index in [0.717, 1.165) is 0 Å². The van der Waals surface area contributed by atoms with Crippen LogP contribution in [0.25, 0.3) is 0 Å². The van der Waals surface area contributed by atoms with Gasteiger partial charge in [-0.3, -0.25) is 4.79 Å². The van der Waals surface area contributed by atoms with Crippen LogP contribution in [0.2, 0.25) is 0 Å². The number of carbonyl (C=O) groups excluding carboxylic acids is 1. The van der Waals surface area contributed by atoms with Crippen molar-refractivity contribution in [2.24, 2.45) is 0 Å². The van der Waals surface area contributed by atoms with Gasteiger partial charge in [0.25, 0.3) is 5.91 Å². The number of aromatic nitrogens is 1. The van der Waals surface area contributed by atoms with Crippen LogP contribution in [0, 0.1) is 5.82 Å². The van der Waals surface area contributed by atoms with Gasteiger partial charge in [0, 0.05) is 19.3 Å². The Balaban J connectivity index is 2.20. The van der Waals surface area contributed by atoms with Gasteiger partial charge in [-0.05, 0) is 31.2 Å². The number of hydrogen-bond acceptors (Lipinski definition) is 4. The van der Waals surface area contributed by atoms with E-state index in [1.807, 2.05) is 6.92 Å². The smallest absolute Gasteiger partial charge is 0.255 e. The van der Waals surface area contributed by atoms with Crippen molar-refractivity contribution in [3.63, 3.8) is 0 Å². The highest BCUT2D eigenvalue weighted by Gasteiger charge is 2.15. The van der Waals surface area contributed by atoms with Crippen LogP contribution in [-0.2, 0) is 4.74 Å². The molecule has 22 heavy (non-hydrogen) atoms. The zero-order valence-corrected chi connectivity index (χ0v) is 12.5. The predicted octanol–water partition coefficient (Wildman–Crippen LogP) is 2.73. The monoisotopic (exact) mass is 303 g/mol. The van der Waals surface area contributed by atoms with Crippen LogP contribution < -0.4 is 10.6 Å². The van der Waals surface area contributed by atoms with Gasteiger partial charge in [0.05, 0.1) is 17.9 Å². The molecule has 5 nitrogen and oxygen atoms in total. The first-order valence-corrected chi connectivity index (χ1v) is 6.88. The minimum absolute atomic E-state index is 0.140. The second-order valence-corrected chi connectivity index (χ2v) is 4.83. The summed E-state index contributed by atoms with van der Waals surface area (Å²) in [4.78, 5) is 16.4. The number of hydrogen-bond donors (Lipinski definition) is 2. The number of para-hydroxylation sites is 1. The van der Waals surface area contributed by atoms with Gasteiger partial charge in [-0.2, -0.15) is 0 Å². The van der Waals surface area contributed by atoms with Crippen LogP contribution in [0.4, 0.5) is 15.9 Å². The first-order valence-electron chi connectivity index (χ1n) is 6.88. The number of ether oxygens (including phenoxy) is 1. The fraction of sp³-hybridized carbons (Fsp3) is 0.250. The Morgan fingerprint density at radius 1 is 1.32 bits per heavy atom. The minimum atomic E-state index is -0.410. The molecule has 0 saturated heterocycles. The van der Waals surface area contributed by atoms with E-state index in [4.69, 9.17) is 4.74 Å². The summed E-state index contributed by atoms with van der Waals surface area (Å²) in [6.45, 7) is 2.24. The molecule has 0 fully saturated rings. The molecule has 0 spiro atoms. The summed E-state index contributed by atoms with van der Waals surface area (Å²) >= 11 is 0. The molecule has 1 atom stereocenters. The van der Waals surface area contributed by atoms with Crippen molar-refractivity contribution in [1.29, 1.82) is 0 Å². The summed E-state index contributed by atoms with van der Waals surface area (Å²) in [6.07, 6.45) is 1.54. The summed E-state index contributed by atoms with van der Waals surface area (Å²) in [6, 6.07) is 9.37. The molecule has 0 aliphatic carbocycles. The number of nitrogens with zero attached hydrogens (tertiary/aromatic N) is 1. The number of anilines is 2. The molecule has 0 aliphatic heterocycles. The molecule has 1 amide bonds. The molecule has 1 aromatic heterocycles. The molecule has 2 rings (SSSR count). The molecule has 2 aromatic rings. The molecule has 1 heterocycles. The van der Waals surface area contributed by atoms with Crippen molar-refractivity contribution in [3.05, 3.63) is 54.0 Å². The van der Waals surface area contributed by atoms with Crippen molar-refractivity contribution in [2.75, 3.05) is 19.0 Å². The molecular formula is C16H18FN3O2. The molecule has 6 heteroatoms. The third-order valence-corrected chi connectivity index (χ3v) is 2.97. The van der Waals surface area contributed by atoms with E-state index < -0.39 is 5.82 Å². The number of amides is 1. The van der Waals surface area contributed by atoms with Crippen LogP contribution in [0.5, 0.6) is 0 Å². The number of carbonyl (C=O) groups is 1. The highest BCUT2D eigenvalue weighted by molar-refractivity contribution is 5.99. The first kappa shape index (κ1) is 15.9. The van der Waals surface area contributed by atoms with Crippen LogP contribution in [0.1, 0.15) is 17.3 Å². The summed E-state index contributed by atoms with van der Waals surface area (Å²) in [5.41, 5.74) is 0.605. The molecule has 116 valence electrons. The van der Waals surface area contributed by atoms with Crippen molar-refractivity contribution in [2.45, 2.75) is 13.0 Å². The number of rotatable bonds is 6. The summed E-state index contributed by atoms with van der Waals surface area (Å²) < 4.78 is 18.7. The lowest BCUT2D eigenvalue weighted by molar-refractivity contribution is 0.0906. The molecule has 0 radical (unpaired) electrons. The summed E-state index contributed by atoms with van der Waals surface area (Å²) in [5, 5.41) is 5.65. The zero-order chi connectivity index (χ0) is 15.9. The third kappa shape index (κ3) is 4.02. The first-order chi connectivity index (χ1) is 10.6. The third-order valence-electron chi connectivity index (χ3n) is 2.97. The quantitative estimate of drug-likeness (QED) is 0.861. The second-order valence-electron chi connectivity index (χ2n) is 4.83. The number of halogens is 1. The van der Waals surface area contributed by atoms with Gasteiger partial charge in [0.2, 0.25) is 0 Å². The van der Waals surface area contributed by atoms with Gasteiger partial charge in [-0.1, -0.05) is 12.1 Å². The van der Waals surface area contributed by atoms with Gasteiger partial charge in [-0.25, -0.2) is 9.37 Å². The number of methoxy groups -OCH3 is 1. The van der Waals surface area contributed by atoms with E-state index in [0.29, 0.717) is 18.0 Å². The Kier molecular flexibility index (Phi) is 5.43. The molecular weight excluding hydrogens is 285 g/mol. The zero-order valence-electron chi connectivity index (χ0n) is 12.5. The lowest BCUT2D eigenvalue weighted by Gasteiger charge is -2.15. The maximum absolute atomic E-state index is 13.7. The molecule has 0 saturated carbocycles. The molecule has 1 unspecified atom stereocenters. The standard InChI is InChI=1S/C16H18FN3O2/c1-11(10-22-2)19-16(21)12-6-5-9-18-15(12)20-14-8-4-3-7-13(14)17/h3-9,11H,10H2,1-2H3,(H,18,20)(H,19,21). The molecule has 0 aliphatic rings. The van der Waals surface area contributed by atoms with Gasteiger partial charge < -0.3 is 15.4 Å². The number of benzene rings is 1. The Labute approximate surface area is 128 Å². The van der Waals surface area contributed by atoms with Gasteiger partial charge in [-0.15, -0.1) is 0 Å².